The third kappa shape index (κ3) is 1.67. The lowest BCUT2D eigenvalue weighted by Crippen LogP contribution is -2.27. The number of aromatic nitrogens is 3. The van der Waals surface area contributed by atoms with Gasteiger partial charge in [-0.1, -0.05) is 26.7 Å². The van der Waals surface area contributed by atoms with E-state index < -0.39 is 0 Å². The van der Waals surface area contributed by atoms with Crippen molar-refractivity contribution in [3.8, 4) is 0 Å². The molecule has 0 spiro atoms. The van der Waals surface area contributed by atoms with Gasteiger partial charge in [0.05, 0.1) is 11.7 Å². The van der Waals surface area contributed by atoms with Crippen molar-refractivity contribution in [1.82, 2.24) is 14.5 Å². The number of pyridine rings is 1. The second-order valence-corrected chi connectivity index (χ2v) is 5.54. The van der Waals surface area contributed by atoms with Crippen LogP contribution in [-0.4, -0.2) is 14.5 Å². The molecule has 1 aliphatic carbocycles. The Bertz CT molecular complexity index is 560. The first-order chi connectivity index (χ1) is 8.68. The number of fused-ring (bicyclic) bond motifs is 1. The molecule has 0 saturated heterocycles. The lowest BCUT2D eigenvalue weighted by Gasteiger charge is -2.35. The van der Waals surface area contributed by atoms with Crippen LogP contribution in [0.3, 0.4) is 0 Å². The monoisotopic (exact) mass is 244 g/mol. The molecule has 2 N–H and O–H groups in total. The number of nitrogens with zero attached hydrogens (tertiary/aromatic N) is 3. The van der Waals surface area contributed by atoms with Crippen LogP contribution in [0.4, 0.5) is 5.95 Å². The summed E-state index contributed by atoms with van der Waals surface area (Å²) in [5, 5.41) is 0. The average Bonchev–Trinajstić information content (AvgIpc) is 2.69. The first-order valence-electron chi connectivity index (χ1n) is 6.76. The summed E-state index contributed by atoms with van der Waals surface area (Å²) in [6.45, 7) is 4.68. The van der Waals surface area contributed by atoms with Gasteiger partial charge in [0.25, 0.3) is 0 Å². The van der Waals surface area contributed by atoms with E-state index in [1.54, 1.807) is 6.20 Å². The van der Waals surface area contributed by atoms with Crippen LogP contribution in [0, 0.1) is 11.8 Å². The minimum Gasteiger partial charge on any atom is -0.369 e. The largest absolute Gasteiger partial charge is 0.369 e. The highest BCUT2D eigenvalue weighted by atomic mass is 15.2. The van der Waals surface area contributed by atoms with Crippen molar-refractivity contribution in [1.29, 1.82) is 0 Å². The Morgan fingerprint density at radius 1 is 1.33 bits per heavy atom. The molecule has 4 nitrogen and oxygen atoms in total. The second kappa shape index (κ2) is 4.26. The summed E-state index contributed by atoms with van der Waals surface area (Å²) in [5.74, 6) is 2.03. The van der Waals surface area contributed by atoms with Crippen LogP contribution in [0.15, 0.2) is 18.5 Å². The van der Waals surface area contributed by atoms with Gasteiger partial charge in [0.1, 0.15) is 5.52 Å². The maximum Gasteiger partial charge on any atom is 0.201 e. The van der Waals surface area contributed by atoms with Gasteiger partial charge in [-0.25, -0.2) is 4.98 Å². The van der Waals surface area contributed by atoms with Crippen LogP contribution >= 0.6 is 0 Å². The Labute approximate surface area is 107 Å². The summed E-state index contributed by atoms with van der Waals surface area (Å²) in [5.41, 5.74) is 8.14. The average molecular weight is 244 g/mol. The van der Waals surface area contributed by atoms with E-state index in [9.17, 15) is 0 Å². The van der Waals surface area contributed by atoms with E-state index >= 15 is 0 Å². The standard InChI is InChI=1S/C14H20N4/c1-9-4-3-5-12(10(9)2)18-13-6-7-16-8-11(13)17-14(18)15/h6-10,12H,3-5H2,1-2H3,(H2,15,17). The number of hydrogen-bond acceptors (Lipinski definition) is 3. The zero-order valence-electron chi connectivity index (χ0n) is 11.0. The van der Waals surface area contributed by atoms with Crippen molar-refractivity contribution < 1.29 is 0 Å². The first kappa shape index (κ1) is 11.5. The normalized spacial score (nSPS) is 28.7. The van der Waals surface area contributed by atoms with Crippen molar-refractivity contribution in [2.75, 3.05) is 5.73 Å². The highest BCUT2D eigenvalue weighted by Crippen LogP contribution is 2.40. The van der Waals surface area contributed by atoms with Gasteiger partial charge in [-0.05, 0) is 24.3 Å². The topological polar surface area (TPSA) is 56.7 Å². The highest BCUT2D eigenvalue weighted by molar-refractivity contribution is 5.77. The zero-order valence-corrected chi connectivity index (χ0v) is 11.0. The summed E-state index contributed by atoms with van der Waals surface area (Å²) in [7, 11) is 0. The molecule has 3 rings (SSSR count). The van der Waals surface area contributed by atoms with Gasteiger partial charge in [0, 0.05) is 12.2 Å². The maximum absolute atomic E-state index is 6.12. The van der Waals surface area contributed by atoms with Gasteiger partial charge in [-0.2, -0.15) is 0 Å². The van der Waals surface area contributed by atoms with Crippen LogP contribution in [0.5, 0.6) is 0 Å². The van der Waals surface area contributed by atoms with E-state index in [-0.39, 0.29) is 0 Å². The van der Waals surface area contributed by atoms with E-state index in [2.05, 4.69) is 28.4 Å². The van der Waals surface area contributed by atoms with Crippen molar-refractivity contribution >= 4 is 17.0 Å². The SMILES string of the molecule is CC1CCCC(n2c(N)nc3cnccc32)C1C. The second-order valence-electron chi connectivity index (χ2n) is 5.54. The Morgan fingerprint density at radius 3 is 3.00 bits per heavy atom. The van der Waals surface area contributed by atoms with Gasteiger partial charge >= 0.3 is 0 Å². The fourth-order valence-electron chi connectivity index (χ4n) is 3.24. The minimum atomic E-state index is 0.473. The van der Waals surface area contributed by atoms with Crippen LogP contribution in [0.1, 0.15) is 39.2 Å². The van der Waals surface area contributed by atoms with Crippen molar-refractivity contribution in [3.05, 3.63) is 18.5 Å². The molecule has 0 amide bonds. The minimum absolute atomic E-state index is 0.473. The summed E-state index contributed by atoms with van der Waals surface area (Å²) in [6.07, 6.45) is 7.41. The smallest absolute Gasteiger partial charge is 0.201 e. The molecule has 0 aliphatic heterocycles. The predicted molar refractivity (Wildman–Crippen MR) is 73.2 cm³/mol. The quantitative estimate of drug-likeness (QED) is 0.839. The predicted octanol–water partition coefficient (Wildman–Crippen LogP) is 3.01. The third-order valence-corrected chi connectivity index (χ3v) is 4.51. The number of nitrogens with two attached hydrogens (primary N) is 1. The number of rotatable bonds is 1. The van der Waals surface area contributed by atoms with Crippen LogP contribution in [-0.2, 0) is 0 Å². The molecule has 2 heterocycles. The Balaban J connectivity index is 2.10. The molecule has 0 aromatic carbocycles. The molecule has 2 aromatic heterocycles. The van der Waals surface area contributed by atoms with E-state index in [1.165, 1.54) is 19.3 Å². The molecule has 3 unspecified atom stereocenters. The molecule has 18 heavy (non-hydrogen) atoms. The fourth-order valence-corrected chi connectivity index (χ4v) is 3.24. The Hall–Kier alpha value is -1.58. The van der Waals surface area contributed by atoms with E-state index in [0.717, 1.165) is 17.0 Å². The molecule has 3 atom stereocenters. The lowest BCUT2D eigenvalue weighted by atomic mass is 9.78. The first-order valence-corrected chi connectivity index (χ1v) is 6.76. The summed E-state index contributed by atoms with van der Waals surface area (Å²) in [4.78, 5) is 8.54. The van der Waals surface area contributed by atoms with Crippen LogP contribution in [0.2, 0.25) is 0 Å². The van der Waals surface area contributed by atoms with Crippen molar-refractivity contribution in [2.24, 2.45) is 11.8 Å². The zero-order chi connectivity index (χ0) is 12.7. The Morgan fingerprint density at radius 2 is 2.17 bits per heavy atom. The molecule has 2 aromatic rings. The van der Waals surface area contributed by atoms with Gasteiger partial charge < -0.3 is 10.3 Å². The molecular weight excluding hydrogens is 224 g/mol. The molecule has 1 saturated carbocycles. The number of anilines is 1. The van der Waals surface area contributed by atoms with E-state index in [1.807, 2.05) is 12.3 Å². The maximum atomic E-state index is 6.12. The van der Waals surface area contributed by atoms with Gasteiger partial charge in [-0.15, -0.1) is 0 Å². The van der Waals surface area contributed by atoms with Crippen LogP contribution < -0.4 is 5.73 Å². The van der Waals surface area contributed by atoms with Crippen LogP contribution in [0.25, 0.3) is 11.0 Å². The van der Waals surface area contributed by atoms with Crippen molar-refractivity contribution in [2.45, 2.75) is 39.2 Å². The summed E-state index contributed by atoms with van der Waals surface area (Å²) in [6, 6.07) is 2.49. The molecule has 0 bridgehead atoms. The molecular formula is C14H20N4. The van der Waals surface area contributed by atoms with Gasteiger partial charge in [0.2, 0.25) is 5.95 Å². The Kier molecular flexibility index (Phi) is 2.73. The molecule has 1 aliphatic rings. The number of hydrogen-bond donors (Lipinski definition) is 1. The van der Waals surface area contributed by atoms with E-state index in [4.69, 9.17) is 5.73 Å². The summed E-state index contributed by atoms with van der Waals surface area (Å²) < 4.78 is 2.22. The summed E-state index contributed by atoms with van der Waals surface area (Å²) >= 11 is 0. The van der Waals surface area contributed by atoms with Crippen molar-refractivity contribution in [3.63, 3.8) is 0 Å². The highest BCUT2D eigenvalue weighted by Gasteiger charge is 2.30. The number of imidazole rings is 1. The third-order valence-electron chi connectivity index (χ3n) is 4.51. The number of nitrogen functional groups attached to an aromatic ring is 1. The molecule has 1 fully saturated rings. The van der Waals surface area contributed by atoms with E-state index in [0.29, 0.717) is 17.9 Å². The molecule has 96 valence electrons. The fraction of sp³-hybridized carbons (Fsp3) is 0.571. The van der Waals surface area contributed by atoms with Gasteiger partial charge in [-0.3, -0.25) is 4.98 Å². The molecule has 0 radical (unpaired) electrons. The lowest BCUT2D eigenvalue weighted by molar-refractivity contribution is 0.191. The van der Waals surface area contributed by atoms with Gasteiger partial charge in [0.15, 0.2) is 0 Å². The molecule has 4 heteroatoms.